The second-order valence-electron chi connectivity index (χ2n) is 10.1. The average molecular weight is 491 g/mol. The van der Waals surface area contributed by atoms with Crippen LogP contribution in [0.15, 0.2) is 42.5 Å². The Labute approximate surface area is 212 Å². The van der Waals surface area contributed by atoms with Crippen molar-refractivity contribution in [2.45, 2.75) is 50.6 Å². The summed E-state index contributed by atoms with van der Waals surface area (Å²) in [5.74, 6) is 0.139. The van der Waals surface area contributed by atoms with Gasteiger partial charge in [-0.3, -0.25) is 9.59 Å². The minimum atomic E-state index is -0.801. The molecule has 36 heavy (non-hydrogen) atoms. The second kappa shape index (κ2) is 10.7. The third kappa shape index (κ3) is 4.95. The first kappa shape index (κ1) is 24.3. The topological polar surface area (TPSA) is 91.0 Å². The van der Waals surface area contributed by atoms with Crippen molar-refractivity contribution in [1.82, 2.24) is 5.32 Å². The van der Waals surface area contributed by atoms with Crippen molar-refractivity contribution in [3.8, 4) is 0 Å². The largest absolute Gasteiger partial charge is 0.381 e. The van der Waals surface area contributed by atoms with Gasteiger partial charge in [0.15, 0.2) is 12.3 Å². The molecule has 1 saturated heterocycles. The first-order chi connectivity index (χ1) is 17.5. The van der Waals surface area contributed by atoms with Gasteiger partial charge in [0.2, 0.25) is 0 Å². The van der Waals surface area contributed by atoms with E-state index in [4.69, 9.17) is 4.74 Å². The van der Waals surface area contributed by atoms with Crippen molar-refractivity contribution < 1.29 is 19.1 Å². The van der Waals surface area contributed by atoms with E-state index in [1.165, 1.54) is 12.8 Å². The molecular formula is C28H34N4O4. The summed E-state index contributed by atoms with van der Waals surface area (Å²) in [7, 11) is 1.73. The van der Waals surface area contributed by atoms with E-state index in [1.54, 1.807) is 24.1 Å². The Kier molecular flexibility index (Phi) is 7.23. The highest BCUT2D eigenvalue weighted by atomic mass is 16.5. The number of anilines is 4. The van der Waals surface area contributed by atoms with Gasteiger partial charge in [0.1, 0.15) is 0 Å². The highest BCUT2D eigenvalue weighted by Gasteiger charge is 2.40. The van der Waals surface area contributed by atoms with Gasteiger partial charge in [0.25, 0.3) is 11.8 Å². The standard InChI is InChI=1S/C28H34N4O4/c1-31-24-13-12-22(30-21-10-8-20(9-11-21)27(34)29-15-19-17-36-18-19)14-25(24)32(26(16-33)28(31)35)23-6-4-2-3-5-7-23/h8-14,16,19,23,26,30H,2-7,15,17-18H2,1H3,(H,29,34). The first-order valence-corrected chi connectivity index (χ1v) is 12.9. The third-order valence-corrected chi connectivity index (χ3v) is 7.54. The predicted octanol–water partition coefficient (Wildman–Crippen LogP) is 3.88. The second-order valence-corrected chi connectivity index (χ2v) is 10.1. The Morgan fingerprint density at radius 3 is 2.33 bits per heavy atom. The number of benzene rings is 2. The van der Waals surface area contributed by atoms with Gasteiger partial charge < -0.3 is 30.0 Å². The van der Waals surface area contributed by atoms with E-state index in [-0.39, 0.29) is 17.9 Å². The molecule has 2 aromatic carbocycles. The Balaban J connectivity index is 1.35. The normalized spacial score (nSPS) is 20.8. The molecule has 8 nitrogen and oxygen atoms in total. The molecule has 0 aromatic heterocycles. The van der Waals surface area contributed by atoms with E-state index in [0.29, 0.717) is 31.2 Å². The van der Waals surface area contributed by atoms with Crippen LogP contribution in [-0.4, -0.2) is 57.0 Å². The number of likely N-dealkylation sites (N-methyl/N-ethyl adjacent to an activating group) is 1. The molecule has 8 heteroatoms. The lowest BCUT2D eigenvalue weighted by Gasteiger charge is -2.44. The molecular weight excluding hydrogens is 456 g/mol. The van der Waals surface area contributed by atoms with Crippen LogP contribution in [0.1, 0.15) is 48.9 Å². The van der Waals surface area contributed by atoms with Crippen molar-refractivity contribution in [2.24, 2.45) is 5.92 Å². The smallest absolute Gasteiger partial charge is 0.256 e. The predicted molar refractivity (Wildman–Crippen MR) is 140 cm³/mol. The number of amides is 2. The van der Waals surface area contributed by atoms with Gasteiger partial charge in [-0.25, -0.2) is 0 Å². The summed E-state index contributed by atoms with van der Waals surface area (Å²) < 4.78 is 5.15. The summed E-state index contributed by atoms with van der Waals surface area (Å²) in [6.45, 7) is 2.05. The molecule has 1 aliphatic carbocycles. The number of nitrogens with zero attached hydrogens (tertiary/aromatic N) is 2. The molecule has 0 spiro atoms. The van der Waals surface area contributed by atoms with Crippen molar-refractivity contribution in [1.29, 1.82) is 0 Å². The molecule has 2 fully saturated rings. The van der Waals surface area contributed by atoms with Gasteiger partial charge >= 0.3 is 0 Å². The minimum Gasteiger partial charge on any atom is -0.381 e. The van der Waals surface area contributed by atoms with Crippen LogP contribution >= 0.6 is 0 Å². The Morgan fingerprint density at radius 1 is 1.00 bits per heavy atom. The highest BCUT2D eigenvalue weighted by Crippen LogP contribution is 2.41. The molecule has 2 heterocycles. The average Bonchev–Trinajstić information content (AvgIpc) is 3.15. The summed E-state index contributed by atoms with van der Waals surface area (Å²) in [6.07, 6.45) is 7.36. The maximum Gasteiger partial charge on any atom is 0.256 e. The third-order valence-electron chi connectivity index (χ3n) is 7.54. The molecule has 2 N–H and O–H groups in total. The number of carbonyl (C=O) groups excluding carboxylic acids is 3. The fourth-order valence-corrected chi connectivity index (χ4v) is 5.37. The van der Waals surface area contributed by atoms with Gasteiger partial charge in [0.05, 0.1) is 24.6 Å². The SMILES string of the molecule is CN1C(=O)C(C=O)N(C2CCCCCC2)c2cc(Nc3ccc(C(=O)NCC4COC4)cc3)ccc21. The number of rotatable bonds is 7. The fourth-order valence-electron chi connectivity index (χ4n) is 5.37. The summed E-state index contributed by atoms with van der Waals surface area (Å²) in [4.78, 5) is 41.2. The summed E-state index contributed by atoms with van der Waals surface area (Å²) in [5, 5.41) is 6.37. The zero-order chi connectivity index (χ0) is 25.1. The number of hydrogen-bond donors (Lipinski definition) is 2. The number of fused-ring (bicyclic) bond motifs is 1. The van der Waals surface area contributed by atoms with Crippen molar-refractivity contribution >= 4 is 40.9 Å². The van der Waals surface area contributed by atoms with Crippen molar-refractivity contribution in [3.05, 3.63) is 48.0 Å². The van der Waals surface area contributed by atoms with Crippen LogP contribution in [0, 0.1) is 5.92 Å². The molecule has 2 aliphatic heterocycles. The number of aldehydes is 1. The van der Waals surface area contributed by atoms with Crippen LogP contribution < -0.4 is 20.4 Å². The molecule has 1 unspecified atom stereocenters. The maximum atomic E-state index is 13.0. The summed E-state index contributed by atoms with van der Waals surface area (Å²) in [6, 6.07) is 12.6. The van der Waals surface area contributed by atoms with Gasteiger partial charge in [-0.15, -0.1) is 0 Å². The minimum absolute atomic E-state index is 0.0890. The summed E-state index contributed by atoms with van der Waals surface area (Å²) >= 11 is 0. The van der Waals surface area contributed by atoms with Gasteiger partial charge in [-0.05, 0) is 55.3 Å². The van der Waals surface area contributed by atoms with Crippen LogP contribution in [0.2, 0.25) is 0 Å². The summed E-state index contributed by atoms with van der Waals surface area (Å²) in [5.41, 5.74) is 4.05. The molecule has 0 bridgehead atoms. The zero-order valence-electron chi connectivity index (χ0n) is 20.7. The van der Waals surface area contributed by atoms with Gasteiger partial charge in [0, 0.05) is 42.5 Å². The zero-order valence-corrected chi connectivity index (χ0v) is 20.7. The number of ether oxygens (including phenoxy) is 1. The molecule has 1 saturated carbocycles. The lowest BCUT2D eigenvalue weighted by atomic mass is 9.99. The van der Waals surface area contributed by atoms with Crippen LogP contribution in [0.4, 0.5) is 22.7 Å². The molecule has 3 aliphatic rings. The Bertz CT molecular complexity index is 1110. The Morgan fingerprint density at radius 2 is 1.69 bits per heavy atom. The maximum absolute atomic E-state index is 13.0. The van der Waals surface area contributed by atoms with E-state index >= 15 is 0 Å². The lowest BCUT2D eigenvalue weighted by Crippen LogP contribution is -2.56. The lowest BCUT2D eigenvalue weighted by molar-refractivity contribution is -0.124. The van der Waals surface area contributed by atoms with E-state index in [9.17, 15) is 14.4 Å². The number of carbonyl (C=O) groups is 3. The number of nitrogens with one attached hydrogen (secondary N) is 2. The molecule has 2 aromatic rings. The number of hydrogen-bond acceptors (Lipinski definition) is 6. The fraction of sp³-hybridized carbons (Fsp3) is 0.464. The molecule has 5 rings (SSSR count). The highest BCUT2D eigenvalue weighted by molar-refractivity contribution is 6.13. The van der Waals surface area contributed by atoms with Gasteiger partial charge in [-0.2, -0.15) is 0 Å². The van der Waals surface area contributed by atoms with Gasteiger partial charge in [-0.1, -0.05) is 25.7 Å². The monoisotopic (exact) mass is 490 g/mol. The van der Waals surface area contributed by atoms with E-state index in [0.717, 1.165) is 54.7 Å². The van der Waals surface area contributed by atoms with Crippen LogP contribution in [0.5, 0.6) is 0 Å². The van der Waals surface area contributed by atoms with Crippen molar-refractivity contribution in [2.75, 3.05) is 41.9 Å². The Hall–Kier alpha value is -3.39. The van der Waals surface area contributed by atoms with E-state index in [2.05, 4.69) is 15.5 Å². The quantitative estimate of drug-likeness (QED) is 0.348. The van der Waals surface area contributed by atoms with Crippen molar-refractivity contribution in [3.63, 3.8) is 0 Å². The van der Waals surface area contributed by atoms with Crippen LogP contribution in [-0.2, 0) is 14.3 Å². The molecule has 1 atom stereocenters. The van der Waals surface area contributed by atoms with E-state index < -0.39 is 6.04 Å². The first-order valence-electron chi connectivity index (χ1n) is 12.9. The van der Waals surface area contributed by atoms with E-state index in [1.807, 2.05) is 30.3 Å². The molecule has 2 amide bonds. The molecule has 190 valence electrons. The van der Waals surface area contributed by atoms with Crippen LogP contribution in [0.3, 0.4) is 0 Å². The molecule has 0 radical (unpaired) electrons. The van der Waals surface area contributed by atoms with Crippen LogP contribution in [0.25, 0.3) is 0 Å².